The van der Waals surface area contributed by atoms with Gasteiger partial charge in [-0.05, 0) is 37.6 Å². The molecule has 2 heterocycles. The van der Waals surface area contributed by atoms with E-state index in [0.29, 0.717) is 5.56 Å². The van der Waals surface area contributed by atoms with E-state index in [1.165, 1.54) is 5.56 Å². The van der Waals surface area contributed by atoms with E-state index in [0.717, 1.165) is 39.0 Å². The predicted octanol–water partition coefficient (Wildman–Crippen LogP) is 5.82. The summed E-state index contributed by atoms with van der Waals surface area (Å²) in [6.45, 7) is 4.08. The van der Waals surface area contributed by atoms with Gasteiger partial charge in [0.25, 0.3) is 6.23 Å². The van der Waals surface area contributed by atoms with E-state index in [9.17, 15) is 4.79 Å². The van der Waals surface area contributed by atoms with E-state index in [4.69, 9.17) is 9.84 Å². The number of aryl methyl sites for hydroxylation is 2. The van der Waals surface area contributed by atoms with Crippen molar-refractivity contribution in [3.05, 3.63) is 99.0 Å². The van der Waals surface area contributed by atoms with Crippen LogP contribution < -0.4 is 4.74 Å². The molecule has 0 N–H and O–H groups in total. The van der Waals surface area contributed by atoms with Crippen molar-refractivity contribution in [2.24, 2.45) is 5.10 Å². The summed E-state index contributed by atoms with van der Waals surface area (Å²) in [6, 6.07) is 21.9. The fourth-order valence-corrected chi connectivity index (χ4v) is 4.39. The van der Waals surface area contributed by atoms with Crippen LogP contribution in [-0.4, -0.2) is 22.7 Å². The molecule has 0 spiro atoms. The van der Waals surface area contributed by atoms with Gasteiger partial charge in [-0.1, -0.05) is 75.6 Å². The molecule has 150 valence electrons. The Bertz CT molecular complexity index is 1150. The number of carbonyl (C=O) groups excluding carboxylic acids is 1. The SMILES string of the molecule is Cc1ccc(C(=O)[C@H]2Oc3ccc(Br)cc3[C@H]3CC(c4ccc(C)cc4)=NN23)cc1. The van der Waals surface area contributed by atoms with Crippen LogP contribution in [0.5, 0.6) is 5.75 Å². The zero-order valence-electron chi connectivity index (χ0n) is 16.8. The Morgan fingerprint density at radius 2 is 1.67 bits per heavy atom. The number of carbonyl (C=O) groups is 1. The third-order valence-electron chi connectivity index (χ3n) is 5.70. The van der Waals surface area contributed by atoms with Crippen molar-refractivity contribution in [1.29, 1.82) is 0 Å². The molecule has 3 aromatic rings. The molecule has 0 aliphatic carbocycles. The second-order valence-corrected chi connectivity index (χ2v) is 8.81. The number of rotatable bonds is 3. The fourth-order valence-electron chi connectivity index (χ4n) is 4.01. The average molecular weight is 461 g/mol. The Hall–Kier alpha value is -2.92. The van der Waals surface area contributed by atoms with Gasteiger partial charge in [0.2, 0.25) is 5.78 Å². The lowest BCUT2D eigenvalue weighted by atomic mass is 9.95. The molecule has 0 fully saturated rings. The summed E-state index contributed by atoms with van der Waals surface area (Å²) >= 11 is 3.56. The molecule has 0 aromatic heterocycles. The highest BCUT2D eigenvalue weighted by Gasteiger charge is 2.43. The first-order chi connectivity index (χ1) is 14.5. The van der Waals surface area contributed by atoms with Gasteiger partial charge in [-0.2, -0.15) is 5.10 Å². The lowest BCUT2D eigenvalue weighted by Crippen LogP contribution is -2.45. The highest BCUT2D eigenvalue weighted by atomic mass is 79.9. The molecule has 3 aromatic carbocycles. The molecule has 0 amide bonds. The van der Waals surface area contributed by atoms with E-state index in [1.54, 1.807) is 0 Å². The number of hydrogen-bond acceptors (Lipinski definition) is 4. The number of hydrogen-bond donors (Lipinski definition) is 0. The smallest absolute Gasteiger partial charge is 0.251 e. The van der Waals surface area contributed by atoms with E-state index in [1.807, 2.05) is 48.3 Å². The monoisotopic (exact) mass is 460 g/mol. The van der Waals surface area contributed by atoms with Crippen LogP contribution in [-0.2, 0) is 0 Å². The van der Waals surface area contributed by atoms with Crippen molar-refractivity contribution in [1.82, 2.24) is 5.01 Å². The quantitative estimate of drug-likeness (QED) is 0.462. The first kappa shape index (κ1) is 19.1. The molecule has 2 aliphatic rings. The normalized spacial score (nSPS) is 19.6. The number of halogens is 1. The highest BCUT2D eigenvalue weighted by molar-refractivity contribution is 9.10. The third-order valence-corrected chi connectivity index (χ3v) is 6.19. The average Bonchev–Trinajstić information content (AvgIpc) is 3.19. The molecule has 0 saturated heterocycles. The summed E-state index contributed by atoms with van der Waals surface area (Å²) < 4.78 is 7.18. The number of ketones is 1. The highest BCUT2D eigenvalue weighted by Crippen LogP contribution is 2.44. The Balaban J connectivity index is 1.57. The number of hydrazone groups is 1. The summed E-state index contributed by atoms with van der Waals surface area (Å²) in [6.07, 6.45) is -0.0533. The molecule has 2 atom stereocenters. The molecule has 0 saturated carbocycles. The Morgan fingerprint density at radius 3 is 2.37 bits per heavy atom. The maximum atomic E-state index is 13.4. The van der Waals surface area contributed by atoms with Crippen molar-refractivity contribution in [2.45, 2.75) is 32.5 Å². The standard InChI is InChI=1S/C25H21BrN2O2/c1-15-3-7-17(8-4-15)21-14-22-20-13-19(26)11-12-23(20)30-25(28(22)27-21)24(29)18-9-5-16(2)6-10-18/h3-13,22,25H,14H2,1-2H3/t22-,25-/m1/s1. The van der Waals surface area contributed by atoms with Crippen LogP contribution in [0.25, 0.3) is 0 Å². The van der Waals surface area contributed by atoms with Crippen molar-refractivity contribution in [3.8, 4) is 5.75 Å². The first-order valence-electron chi connectivity index (χ1n) is 9.99. The zero-order chi connectivity index (χ0) is 20.8. The molecule has 30 heavy (non-hydrogen) atoms. The predicted molar refractivity (Wildman–Crippen MR) is 121 cm³/mol. The number of fused-ring (bicyclic) bond motifs is 3. The molecule has 5 heteroatoms. The molecule has 0 radical (unpaired) electrons. The lowest BCUT2D eigenvalue weighted by Gasteiger charge is -2.37. The maximum Gasteiger partial charge on any atom is 0.251 e. The largest absolute Gasteiger partial charge is 0.461 e. The van der Waals surface area contributed by atoms with Crippen LogP contribution in [0.2, 0.25) is 0 Å². The van der Waals surface area contributed by atoms with Gasteiger partial charge >= 0.3 is 0 Å². The molecule has 5 rings (SSSR count). The van der Waals surface area contributed by atoms with Gasteiger partial charge in [-0.25, -0.2) is 5.01 Å². The number of ether oxygens (including phenoxy) is 1. The van der Waals surface area contributed by atoms with Gasteiger partial charge < -0.3 is 4.74 Å². The van der Waals surface area contributed by atoms with E-state index in [-0.39, 0.29) is 11.8 Å². The van der Waals surface area contributed by atoms with E-state index >= 15 is 0 Å². The summed E-state index contributed by atoms with van der Waals surface area (Å²) in [7, 11) is 0. The minimum atomic E-state index is -0.783. The summed E-state index contributed by atoms with van der Waals surface area (Å²) in [5.41, 5.74) is 6.04. The second-order valence-electron chi connectivity index (χ2n) is 7.90. The van der Waals surface area contributed by atoms with Gasteiger partial charge in [0, 0.05) is 22.0 Å². The van der Waals surface area contributed by atoms with Gasteiger partial charge in [-0.15, -0.1) is 0 Å². The minimum Gasteiger partial charge on any atom is -0.461 e. The fraction of sp³-hybridized carbons (Fsp3) is 0.200. The van der Waals surface area contributed by atoms with Crippen LogP contribution >= 0.6 is 15.9 Å². The number of nitrogens with zero attached hydrogens (tertiary/aromatic N) is 2. The third kappa shape index (κ3) is 3.33. The van der Waals surface area contributed by atoms with Crippen LogP contribution in [0.1, 0.15) is 45.1 Å². The van der Waals surface area contributed by atoms with Crippen LogP contribution in [0, 0.1) is 13.8 Å². The van der Waals surface area contributed by atoms with Crippen molar-refractivity contribution in [3.63, 3.8) is 0 Å². The summed E-state index contributed by atoms with van der Waals surface area (Å²) in [5.74, 6) is 0.660. The summed E-state index contributed by atoms with van der Waals surface area (Å²) in [4.78, 5) is 13.4. The first-order valence-corrected chi connectivity index (χ1v) is 10.8. The second kappa shape index (κ2) is 7.40. The van der Waals surface area contributed by atoms with Gasteiger partial charge in [-0.3, -0.25) is 4.79 Å². The molecular weight excluding hydrogens is 440 g/mol. The van der Waals surface area contributed by atoms with E-state index < -0.39 is 6.23 Å². The molecule has 2 aliphatic heterocycles. The van der Waals surface area contributed by atoms with Gasteiger partial charge in [0.1, 0.15) is 5.75 Å². The molecule has 4 nitrogen and oxygen atoms in total. The van der Waals surface area contributed by atoms with Crippen molar-refractivity contribution in [2.75, 3.05) is 0 Å². The number of benzene rings is 3. The number of Topliss-reactive ketones (excluding diaryl/α,β-unsaturated/α-hetero) is 1. The Kier molecular flexibility index (Phi) is 4.70. The molecule has 0 bridgehead atoms. The van der Waals surface area contributed by atoms with Crippen LogP contribution in [0.4, 0.5) is 0 Å². The van der Waals surface area contributed by atoms with Crippen LogP contribution in [0.15, 0.2) is 76.3 Å². The van der Waals surface area contributed by atoms with Crippen LogP contribution in [0.3, 0.4) is 0 Å². The lowest BCUT2D eigenvalue weighted by molar-refractivity contribution is -0.00459. The Labute approximate surface area is 184 Å². The maximum absolute atomic E-state index is 13.4. The van der Waals surface area contributed by atoms with Crippen molar-refractivity contribution >= 4 is 27.4 Å². The van der Waals surface area contributed by atoms with Crippen molar-refractivity contribution < 1.29 is 9.53 Å². The van der Waals surface area contributed by atoms with Gasteiger partial charge in [0.05, 0.1) is 11.8 Å². The summed E-state index contributed by atoms with van der Waals surface area (Å²) in [5, 5.41) is 6.71. The van der Waals surface area contributed by atoms with Gasteiger partial charge in [0.15, 0.2) is 0 Å². The topological polar surface area (TPSA) is 41.9 Å². The van der Waals surface area contributed by atoms with E-state index in [2.05, 4.69) is 53.2 Å². The Morgan fingerprint density at radius 1 is 1.00 bits per heavy atom. The molecule has 0 unspecified atom stereocenters. The molecular formula is C25H21BrN2O2. The zero-order valence-corrected chi connectivity index (χ0v) is 18.4. The minimum absolute atomic E-state index is 0.0399.